The third-order valence-corrected chi connectivity index (χ3v) is 6.43. The molecule has 2 aromatic carbocycles. The van der Waals surface area contributed by atoms with Crippen LogP contribution in [0.25, 0.3) is 0 Å². The predicted octanol–water partition coefficient (Wildman–Crippen LogP) is 1.96. The number of hydrogen-bond donors (Lipinski definition) is 1. The third-order valence-electron chi connectivity index (χ3n) is 4.60. The van der Waals surface area contributed by atoms with Gasteiger partial charge in [0, 0.05) is 31.1 Å². The number of rotatable bonds is 5. The Bertz CT molecular complexity index is 870. The molecule has 25 heavy (non-hydrogen) atoms. The molecule has 2 atom stereocenters. The van der Waals surface area contributed by atoms with Crippen molar-refractivity contribution in [3.8, 4) is 0 Å². The Labute approximate surface area is 146 Å². The highest BCUT2D eigenvalue weighted by atomic mass is 32.2. The first-order valence-corrected chi connectivity index (χ1v) is 9.37. The topological polar surface area (TPSA) is 107 Å². The highest BCUT2D eigenvalue weighted by Crippen LogP contribution is 2.35. The van der Waals surface area contributed by atoms with Crippen molar-refractivity contribution in [3.05, 3.63) is 70.3 Å². The molecule has 1 aliphatic heterocycles. The lowest BCUT2D eigenvalue weighted by Crippen LogP contribution is -2.30. The fourth-order valence-electron chi connectivity index (χ4n) is 3.25. The van der Waals surface area contributed by atoms with Crippen molar-refractivity contribution >= 4 is 15.7 Å². The number of non-ortho nitro benzene ring substituents is 1. The molecule has 1 saturated heterocycles. The van der Waals surface area contributed by atoms with Gasteiger partial charge in [-0.2, -0.15) is 4.31 Å². The van der Waals surface area contributed by atoms with E-state index in [9.17, 15) is 18.5 Å². The molecule has 132 valence electrons. The van der Waals surface area contributed by atoms with E-state index >= 15 is 0 Å². The van der Waals surface area contributed by atoms with Gasteiger partial charge >= 0.3 is 0 Å². The lowest BCUT2D eigenvalue weighted by Gasteiger charge is -2.17. The van der Waals surface area contributed by atoms with Gasteiger partial charge < -0.3 is 5.73 Å². The standard InChI is InChI=1S/C17H19N3O4S/c18-10-14-11-19(12-17(14)13-5-2-1-3-6-13)25(23,24)16-8-4-7-15(9-16)20(21)22/h1-9,14,17H,10-12,18H2/t14-,17+/m1/s1. The molecule has 0 amide bonds. The molecule has 0 spiro atoms. The van der Waals surface area contributed by atoms with Crippen molar-refractivity contribution in [2.24, 2.45) is 11.7 Å². The van der Waals surface area contributed by atoms with Crippen LogP contribution in [0, 0.1) is 16.0 Å². The fraction of sp³-hybridized carbons (Fsp3) is 0.294. The van der Waals surface area contributed by atoms with E-state index in [0.717, 1.165) is 11.6 Å². The van der Waals surface area contributed by atoms with Gasteiger partial charge in [-0.15, -0.1) is 0 Å². The molecule has 3 rings (SSSR count). The summed E-state index contributed by atoms with van der Waals surface area (Å²) in [6.07, 6.45) is 0. The summed E-state index contributed by atoms with van der Waals surface area (Å²) in [6, 6.07) is 14.8. The van der Waals surface area contributed by atoms with Gasteiger partial charge in [-0.1, -0.05) is 36.4 Å². The normalized spacial score (nSPS) is 21.3. The maximum absolute atomic E-state index is 12.9. The number of nitro benzene ring substituents is 1. The molecular weight excluding hydrogens is 342 g/mol. The Morgan fingerprint density at radius 2 is 1.84 bits per heavy atom. The second-order valence-electron chi connectivity index (χ2n) is 6.09. The number of hydrogen-bond acceptors (Lipinski definition) is 5. The molecule has 1 aliphatic rings. The van der Waals surface area contributed by atoms with Crippen LogP contribution >= 0.6 is 0 Å². The van der Waals surface area contributed by atoms with Gasteiger partial charge in [-0.3, -0.25) is 10.1 Å². The molecule has 0 aliphatic carbocycles. The van der Waals surface area contributed by atoms with E-state index in [-0.39, 0.29) is 22.4 Å². The van der Waals surface area contributed by atoms with Gasteiger partial charge in [-0.05, 0) is 24.1 Å². The average molecular weight is 361 g/mol. The number of sulfonamides is 1. The second-order valence-corrected chi connectivity index (χ2v) is 8.03. The van der Waals surface area contributed by atoms with E-state index in [2.05, 4.69) is 0 Å². The summed E-state index contributed by atoms with van der Waals surface area (Å²) in [5, 5.41) is 10.9. The molecule has 2 N–H and O–H groups in total. The molecule has 1 heterocycles. The summed E-state index contributed by atoms with van der Waals surface area (Å²) in [5.41, 5.74) is 6.67. The van der Waals surface area contributed by atoms with E-state index in [0.29, 0.717) is 19.6 Å². The summed E-state index contributed by atoms with van der Waals surface area (Å²) >= 11 is 0. The van der Waals surface area contributed by atoms with Crippen LogP contribution < -0.4 is 5.73 Å². The maximum Gasteiger partial charge on any atom is 0.270 e. The van der Waals surface area contributed by atoms with E-state index in [4.69, 9.17) is 5.73 Å². The van der Waals surface area contributed by atoms with Gasteiger partial charge in [0.1, 0.15) is 0 Å². The van der Waals surface area contributed by atoms with E-state index in [1.165, 1.54) is 22.5 Å². The summed E-state index contributed by atoms with van der Waals surface area (Å²) in [6.45, 7) is 0.999. The first kappa shape index (κ1) is 17.5. The minimum atomic E-state index is -3.81. The van der Waals surface area contributed by atoms with Crippen molar-refractivity contribution in [1.82, 2.24) is 4.31 Å². The van der Waals surface area contributed by atoms with Crippen LogP contribution in [0.4, 0.5) is 5.69 Å². The quantitative estimate of drug-likeness (QED) is 0.647. The first-order valence-electron chi connectivity index (χ1n) is 7.93. The zero-order valence-corrected chi connectivity index (χ0v) is 14.3. The fourth-order valence-corrected chi connectivity index (χ4v) is 4.81. The molecule has 8 heteroatoms. The Hall–Kier alpha value is -2.29. The molecule has 1 fully saturated rings. The zero-order valence-electron chi connectivity index (χ0n) is 13.5. The highest BCUT2D eigenvalue weighted by Gasteiger charge is 2.39. The highest BCUT2D eigenvalue weighted by molar-refractivity contribution is 7.89. The van der Waals surface area contributed by atoms with Gasteiger partial charge in [0.15, 0.2) is 0 Å². The lowest BCUT2D eigenvalue weighted by atomic mass is 9.89. The Morgan fingerprint density at radius 1 is 1.12 bits per heavy atom. The van der Waals surface area contributed by atoms with Crippen molar-refractivity contribution in [2.75, 3.05) is 19.6 Å². The molecule has 0 aromatic heterocycles. The van der Waals surface area contributed by atoms with Crippen molar-refractivity contribution < 1.29 is 13.3 Å². The van der Waals surface area contributed by atoms with Crippen LogP contribution in [0.3, 0.4) is 0 Å². The van der Waals surface area contributed by atoms with Gasteiger partial charge in [-0.25, -0.2) is 8.42 Å². The third kappa shape index (κ3) is 3.41. The average Bonchev–Trinajstić information content (AvgIpc) is 3.08. The molecule has 0 saturated carbocycles. The second kappa shape index (κ2) is 6.91. The number of benzene rings is 2. The molecule has 0 bridgehead atoms. The van der Waals surface area contributed by atoms with Crippen molar-refractivity contribution in [2.45, 2.75) is 10.8 Å². The molecular formula is C17H19N3O4S. The van der Waals surface area contributed by atoms with Crippen molar-refractivity contribution in [1.29, 1.82) is 0 Å². The Morgan fingerprint density at radius 3 is 2.48 bits per heavy atom. The van der Waals surface area contributed by atoms with E-state index in [1.807, 2.05) is 30.3 Å². The first-order chi connectivity index (χ1) is 11.9. The van der Waals surface area contributed by atoms with Crippen LogP contribution in [-0.4, -0.2) is 37.3 Å². The monoisotopic (exact) mass is 361 g/mol. The van der Waals surface area contributed by atoms with Gasteiger partial charge in [0.2, 0.25) is 10.0 Å². The Kier molecular flexibility index (Phi) is 4.85. The molecule has 2 aromatic rings. The zero-order chi connectivity index (χ0) is 18.0. The summed E-state index contributed by atoms with van der Waals surface area (Å²) in [4.78, 5) is 10.3. The largest absolute Gasteiger partial charge is 0.330 e. The summed E-state index contributed by atoms with van der Waals surface area (Å²) in [7, 11) is -3.81. The SMILES string of the molecule is NC[C@@H]1CN(S(=O)(=O)c2cccc([N+](=O)[O-])c2)C[C@H]1c1ccccc1. The van der Waals surface area contributed by atoms with E-state index in [1.54, 1.807) is 0 Å². The molecule has 0 unspecified atom stereocenters. The molecule has 7 nitrogen and oxygen atoms in total. The Balaban J connectivity index is 1.91. The van der Waals surface area contributed by atoms with Gasteiger partial charge in [0.05, 0.1) is 9.82 Å². The number of nitrogens with two attached hydrogens (primary N) is 1. The smallest absolute Gasteiger partial charge is 0.270 e. The van der Waals surface area contributed by atoms with E-state index < -0.39 is 14.9 Å². The van der Waals surface area contributed by atoms with Crippen molar-refractivity contribution in [3.63, 3.8) is 0 Å². The number of nitrogens with zero attached hydrogens (tertiary/aromatic N) is 2. The van der Waals surface area contributed by atoms with Crippen LogP contribution in [0.1, 0.15) is 11.5 Å². The summed E-state index contributed by atoms with van der Waals surface area (Å²) < 4.78 is 27.2. The lowest BCUT2D eigenvalue weighted by molar-refractivity contribution is -0.385. The summed E-state index contributed by atoms with van der Waals surface area (Å²) in [5.74, 6) is 0.0237. The van der Waals surface area contributed by atoms with Crippen LogP contribution in [0.2, 0.25) is 0 Å². The van der Waals surface area contributed by atoms with Crippen LogP contribution in [-0.2, 0) is 10.0 Å². The minimum Gasteiger partial charge on any atom is -0.330 e. The number of nitro groups is 1. The predicted molar refractivity (Wildman–Crippen MR) is 93.6 cm³/mol. The minimum absolute atomic E-state index is 0.0101. The van der Waals surface area contributed by atoms with Crippen LogP contribution in [0.5, 0.6) is 0 Å². The van der Waals surface area contributed by atoms with Gasteiger partial charge in [0.25, 0.3) is 5.69 Å². The molecule has 0 radical (unpaired) electrons. The maximum atomic E-state index is 12.9. The van der Waals surface area contributed by atoms with Crippen LogP contribution in [0.15, 0.2) is 59.5 Å².